The van der Waals surface area contributed by atoms with Crippen LogP contribution in [0.4, 0.5) is 5.69 Å². The van der Waals surface area contributed by atoms with E-state index in [9.17, 15) is 9.59 Å². The van der Waals surface area contributed by atoms with Crippen LogP contribution in [0.1, 0.15) is 10.4 Å². The zero-order valence-corrected chi connectivity index (χ0v) is 9.79. The van der Waals surface area contributed by atoms with Crippen molar-refractivity contribution in [2.75, 3.05) is 5.73 Å². The fourth-order valence-corrected chi connectivity index (χ4v) is 0.716. The number of nitrogen functional groups attached to an aromatic ring is 1. The predicted molar refractivity (Wildman–Crippen MR) is 42.0 cm³/mol. The number of carbonyl (C=O) groups excluding carboxylic acids is 2. The summed E-state index contributed by atoms with van der Waals surface area (Å²) in [4.78, 5) is 20.5. The molecule has 1 aromatic carbocycles. The maximum Gasteiger partial charge on any atom is 0.182 e. The number of hydrogen-bond donors (Lipinski definition) is 1. The van der Waals surface area contributed by atoms with Crippen molar-refractivity contribution in [1.29, 1.82) is 0 Å². The number of anilines is 1. The van der Waals surface area contributed by atoms with Gasteiger partial charge in [-0.2, -0.15) is 0 Å². The van der Waals surface area contributed by atoms with Gasteiger partial charge in [0.1, 0.15) is 0 Å². The van der Waals surface area contributed by atoms with Crippen LogP contribution in [0.25, 0.3) is 0 Å². The standard InChI is InChI=1S/C8H6NO3.Zn/c9-7-3-1-6(2-4-7)8(11)12-5-10;/h1-4H,9H2;/q-1;. The third-order valence-electron chi connectivity index (χ3n) is 1.28. The number of benzene rings is 1. The van der Waals surface area contributed by atoms with Crippen LogP contribution in [0.15, 0.2) is 24.3 Å². The van der Waals surface area contributed by atoms with E-state index in [1.165, 1.54) is 12.1 Å². The summed E-state index contributed by atoms with van der Waals surface area (Å²) in [7, 11) is 0. The first-order valence-corrected chi connectivity index (χ1v) is 3.18. The van der Waals surface area contributed by atoms with E-state index in [4.69, 9.17) is 5.73 Å². The molecule has 0 saturated carbocycles. The molecule has 64 valence electrons. The minimum atomic E-state index is -0.731. The summed E-state index contributed by atoms with van der Waals surface area (Å²) < 4.78 is 3.98. The summed E-state index contributed by atoms with van der Waals surface area (Å²) in [5, 5.41) is 0. The average Bonchev–Trinajstić information content (AvgIpc) is 2.06. The zero-order chi connectivity index (χ0) is 8.97. The summed E-state index contributed by atoms with van der Waals surface area (Å²) in [5.74, 6) is -0.731. The Balaban J connectivity index is 0.00000144. The van der Waals surface area contributed by atoms with Gasteiger partial charge in [-0.1, -0.05) is 12.1 Å². The number of nitrogens with two attached hydrogens (primary N) is 1. The third-order valence-corrected chi connectivity index (χ3v) is 1.28. The fraction of sp³-hybridized carbons (Fsp3) is 0. The Bertz CT molecular complexity index is 297. The van der Waals surface area contributed by atoms with E-state index in [-0.39, 0.29) is 25.0 Å². The molecule has 0 aliphatic carbocycles. The van der Waals surface area contributed by atoms with Crippen LogP contribution in [0.2, 0.25) is 0 Å². The largest absolute Gasteiger partial charge is 0.581 e. The van der Waals surface area contributed by atoms with Crippen molar-refractivity contribution in [2.45, 2.75) is 0 Å². The maximum atomic E-state index is 10.8. The summed E-state index contributed by atoms with van der Waals surface area (Å²) in [6.45, 7) is 1.05. The van der Waals surface area contributed by atoms with Crippen LogP contribution in [0.5, 0.6) is 0 Å². The SMILES string of the molecule is Nc1ccc(C(=O)O[C-]=O)cc1.[Zn]. The zero-order valence-electron chi connectivity index (χ0n) is 6.82. The van der Waals surface area contributed by atoms with Crippen LogP contribution >= 0.6 is 0 Å². The Morgan fingerprint density at radius 1 is 1.31 bits per heavy atom. The molecule has 0 saturated heterocycles. The average molecular weight is 230 g/mol. The van der Waals surface area contributed by atoms with Crippen LogP contribution in [-0.4, -0.2) is 12.4 Å². The molecule has 0 spiro atoms. The van der Waals surface area contributed by atoms with Gasteiger partial charge in [0.15, 0.2) is 12.4 Å². The molecule has 0 unspecified atom stereocenters. The van der Waals surface area contributed by atoms with Crippen molar-refractivity contribution in [2.24, 2.45) is 0 Å². The normalized spacial score (nSPS) is 8.31. The van der Waals surface area contributed by atoms with Gasteiger partial charge in [-0.25, -0.2) is 0 Å². The van der Waals surface area contributed by atoms with Crippen LogP contribution in [-0.2, 0) is 29.0 Å². The van der Waals surface area contributed by atoms with E-state index >= 15 is 0 Å². The van der Waals surface area contributed by atoms with Gasteiger partial charge in [0, 0.05) is 25.2 Å². The number of ether oxygens (including phenoxy) is 1. The van der Waals surface area contributed by atoms with Crippen molar-refractivity contribution >= 4 is 18.1 Å². The van der Waals surface area contributed by atoms with E-state index in [2.05, 4.69) is 4.74 Å². The molecule has 0 aliphatic rings. The Kier molecular flexibility index (Phi) is 4.92. The molecule has 0 atom stereocenters. The Labute approximate surface area is 87.8 Å². The van der Waals surface area contributed by atoms with E-state index < -0.39 is 5.97 Å². The molecule has 0 radical (unpaired) electrons. The van der Waals surface area contributed by atoms with Gasteiger partial charge in [0.05, 0.1) is 0 Å². The first-order chi connectivity index (χ1) is 5.74. The molecule has 1 aromatic rings. The van der Waals surface area contributed by atoms with E-state index in [1.807, 2.05) is 0 Å². The molecule has 5 heteroatoms. The predicted octanol–water partition coefficient (Wildman–Crippen LogP) is 0.490. The second-order valence-corrected chi connectivity index (χ2v) is 2.09. The number of carbonyl (C=O) groups is 1. The minimum Gasteiger partial charge on any atom is -0.581 e. The molecule has 0 amide bonds. The van der Waals surface area contributed by atoms with Gasteiger partial charge in [0.25, 0.3) is 0 Å². The van der Waals surface area contributed by atoms with E-state index in [0.717, 1.165) is 6.47 Å². The van der Waals surface area contributed by atoms with Gasteiger partial charge < -0.3 is 20.1 Å². The molecule has 0 aliphatic heterocycles. The first-order valence-electron chi connectivity index (χ1n) is 3.18. The second kappa shape index (κ2) is 5.43. The Hall–Kier alpha value is -1.22. The van der Waals surface area contributed by atoms with E-state index in [1.54, 1.807) is 12.1 Å². The molecule has 0 heterocycles. The van der Waals surface area contributed by atoms with Crippen molar-refractivity contribution in [3.8, 4) is 0 Å². The fourth-order valence-electron chi connectivity index (χ4n) is 0.716. The summed E-state index contributed by atoms with van der Waals surface area (Å²) in [6, 6.07) is 6.02. The van der Waals surface area contributed by atoms with Gasteiger partial charge in [-0.3, -0.25) is 0 Å². The Morgan fingerprint density at radius 3 is 2.31 bits per heavy atom. The van der Waals surface area contributed by atoms with Crippen molar-refractivity contribution in [1.82, 2.24) is 0 Å². The molecule has 2 N–H and O–H groups in total. The van der Waals surface area contributed by atoms with Crippen LogP contribution in [0, 0.1) is 0 Å². The molecule has 0 fully saturated rings. The van der Waals surface area contributed by atoms with Gasteiger partial charge >= 0.3 is 0 Å². The quantitative estimate of drug-likeness (QED) is 0.263. The van der Waals surface area contributed by atoms with Gasteiger partial charge in [-0.15, -0.1) is 0 Å². The number of hydrogen-bond acceptors (Lipinski definition) is 4. The molecular weight excluding hydrogens is 223 g/mol. The smallest absolute Gasteiger partial charge is 0.182 e. The van der Waals surface area contributed by atoms with Crippen LogP contribution < -0.4 is 5.73 Å². The van der Waals surface area contributed by atoms with Gasteiger partial charge in [0.2, 0.25) is 0 Å². The Morgan fingerprint density at radius 2 is 1.85 bits per heavy atom. The second-order valence-electron chi connectivity index (χ2n) is 2.09. The van der Waals surface area contributed by atoms with E-state index in [0.29, 0.717) is 5.69 Å². The first kappa shape index (κ1) is 11.8. The van der Waals surface area contributed by atoms with Crippen molar-refractivity contribution in [3.05, 3.63) is 29.8 Å². The molecule has 13 heavy (non-hydrogen) atoms. The van der Waals surface area contributed by atoms with Crippen LogP contribution in [0.3, 0.4) is 0 Å². The molecular formula is C8H6NO3Zn-. The summed E-state index contributed by atoms with van der Waals surface area (Å²) >= 11 is 0. The molecule has 0 aromatic heterocycles. The molecule has 0 bridgehead atoms. The van der Waals surface area contributed by atoms with Crippen molar-refractivity contribution in [3.63, 3.8) is 0 Å². The molecule has 4 nitrogen and oxygen atoms in total. The monoisotopic (exact) mass is 228 g/mol. The van der Waals surface area contributed by atoms with Crippen molar-refractivity contribution < 1.29 is 33.8 Å². The van der Waals surface area contributed by atoms with Gasteiger partial charge in [-0.05, 0) is 17.7 Å². The summed E-state index contributed by atoms with van der Waals surface area (Å²) in [5.41, 5.74) is 6.19. The maximum absolute atomic E-state index is 10.8. The number of esters is 1. The third kappa shape index (κ3) is 3.34. The summed E-state index contributed by atoms with van der Waals surface area (Å²) in [6.07, 6.45) is 0. The minimum absolute atomic E-state index is 0. The molecule has 1 rings (SSSR count). The topological polar surface area (TPSA) is 69.4 Å². The number of rotatable bonds is 2.